The maximum atomic E-state index is 12.6. The topological polar surface area (TPSA) is 89.3 Å². The normalized spacial score (nSPS) is 13.9. The molecule has 25 heavy (non-hydrogen) atoms. The average Bonchev–Trinajstić information content (AvgIpc) is 2.59. The quantitative estimate of drug-likeness (QED) is 0.805. The third-order valence-corrected chi connectivity index (χ3v) is 5.24. The number of rotatable bonds is 6. The van der Waals surface area contributed by atoms with Gasteiger partial charge >= 0.3 is 0 Å². The Hall–Kier alpha value is -1.89. The molecule has 1 amide bonds. The van der Waals surface area contributed by atoms with Crippen LogP contribution in [-0.4, -0.2) is 14.3 Å². The fourth-order valence-corrected chi connectivity index (χ4v) is 3.22. The molecule has 2 atom stereocenters. The van der Waals surface area contributed by atoms with Crippen LogP contribution >= 0.6 is 11.6 Å². The molecule has 0 heterocycles. The number of amides is 1. The van der Waals surface area contributed by atoms with Gasteiger partial charge in [-0.3, -0.25) is 4.79 Å². The first kappa shape index (κ1) is 19.4. The molecule has 0 aliphatic rings. The lowest BCUT2D eigenvalue weighted by molar-refractivity contribution is -0.123. The van der Waals surface area contributed by atoms with Gasteiger partial charge in [-0.25, -0.2) is 13.6 Å². The second kappa shape index (κ2) is 7.99. The van der Waals surface area contributed by atoms with E-state index in [0.717, 1.165) is 5.56 Å². The Balaban J connectivity index is 2.19. The van der Waals surface area contributed by atoms with Crippen LogP contribution in [0.1, 0.15) is 43.4 Å². The van der Waals surface area contributed by atoms with Crippen molar-refractivity contribution >= 4 is 27.5 Å². The number of carbonyl (C=O) groups excluding carboxylic acids is 1. The number of sulfonamides is 1. The average molecular weight is 381 g/mol. The first-order chi connectivity index (χ1) is 11.7. The van der Waals surface area contributed by atoms with Crippen LogP contribution in [0.15, 0.2) is 53.4 Å². The van der Waals surface area contributed by atoms with E-state index in [1.165, 1.54) is 12.1 Å². The summed E-state index contributed by atoms with van der Waals surface area (Å²) in [5, 5.41) is 8.76. The predicted molar refractivity (Wildman–Crippen MR) is 98.9 cm³/mol. The Bertz CT molecular complexity index is 851. The highest BCUT2D eigenvalue weighted by molar-refractivity contribution is 7.89. The maximum Gasteiger partial charge on any atom is 0.238 e. The van der Waals surface area contributed by atoms with E-state index in [1.54, 1.807) is 24.3 Å². The molecule has 0 spiro atoms. The van der Waals surface area contributed by atoms with Gasteiger partial charge in [0, 0.05) is 5.02 Å². The van der Waals surface area contributed by atoms with Gasteiger partial charge in [0.1, 0.15) is 0 Å². The number of primary sulfonamides is 1. The van der Waals surface area contributed by atoms with Crippen LogP contribution in [0.2, 0.25) is 5.02 Å². The summed E-state index contributed by atoms with van der Waals surface area (Å²) in [6.45, 7) is 3.73. The van der Waals surface area contributed by atoms with E-state index in [2.05, 4.69) is 5.32 Å². The van der Waals surface area contributed by atoms with E-state index in [4.69, 9.17) is 16.7 Å². The fourth-order valence-electron chi connectivity index (χ4n) is 2.53. The van der Waals surface area contributed by atoms with E-state index in [0.29, 0.717) is 17.0 Å². The van der Waals surface area contributed by atoms with Crippen molar-refractivity contribution in [2.24, 2.45) is 5.14 Å². The molecule has 5 nitrogen and oxygen atoms in total. The van der Waals surface area contributed by atoms with Crippen molar-refractivity contribution in [3.05, 3.63) is 64.7 Å². The van der Waals surface area contributed by atoms with Gasteiger partial charge in [0.05, 0.1) is 16.9 Å². The van der Waals surface area contributed by atoms with Gasteiger partial charge in [-0.15, -0.1) is 0 Å². The van der Waals surface area contributed by atoms with Crippen LogP contribution in [0.5, 0.6) is 0 Å². The summed E-state index contributed by atoms with van der Waals surface area (Å²) in [4.78, 5) is 12.6. The number of hydrogen-bond donors (Lipinski definition) is 2. The van der Waals surface area contributed by atoms with Gasteiger partial charge in [0.25, 0.3) is 0 Å². The first-order valence-corrected chi connectivity index (χ1v) is 9.83. The summed E-state index contributed by atoms with van der Waals surface area (Å²) in [6.07, 6.45) is 0.618. The molecule has 0 saturated heterocycles. The zero-order valence-corrected chi connectivity index (χ0v) is 15.6. The van der Waals surface area contributed by atoms with Crippen LogP contribution in [0, 0.1) is 0 Å². The lowest BCUT2D eigenvalue weighted by Crippen LogP contribution is -2.31. The van der Waals surface area contributed by atoms with Gasteiger partial charge in [-0.2, -0.15) is 0 Å². The molecule has 0 radical (unpaired) electrons. The third kappa shape index (κ3) is 5.04. The lowest BCUT2D eigenvalue weighted by Gasteiger charge is -2.21. The fraction of sp³-hybridized carbons (Fsp3) is 0.278. The van der Waals surface area contributed by atoms with E-state index in [1.807, 2.05) is 26.0 Å². The number of benzene rings is 2. The summed E-state index contributed by atoms with van der Waals surface area (Å²) in [5.41, 5.74) is 1.56. The highest BCUT2D eigenvalue weighted by atomic mass is 35.5. The van der Waals surface area contributed by atoms with Crippen LogP contribution < -0.4 is 10.5 Å². The predicted octanol–water partition coefficient (Wildman–Crippen LogP) is 3.36. The minimum absolute atomic E-state index is 0.0310. The zero-order chi connectivity index (χ0) is 18.6. The summed E-state index contributed by atoms with van der Waals surface area (Å²) < 4.78 is 23.0. The molecular formula is C18H21ClN2O3S. The Kier molecular flexibility index (Phi) is 6.21. The molecule has 2 aromatic rings. The number of carbonyl (C=O) groups is 1. The van der Waals surface area contributed by atoms with Crippen molar-refractivity contribution in [3.63, 3.8) is 0 Å². The summed E-state index contributed by atoms with van der Waals surface area (Å²) in [5.74, 6) is -0.497. The Morgan fingerprint density at radius 1 is 1.16 bits per heavy atom. The second-order valence-electron chi connectivity index (χ2n) is 5.86. The van der Waals surface area contributed by atoms with E-state index in [-0.39, 0.29) is 22.8 Å². The van der Waals surface area contributed by atoms with Crippen molar-refractivity contribution in [1.29, 1.82) is 0 Å². The molecule has 0 aliphatic carbocycles. The molecular weight excluding hydrogens is 360 g/mol. The Morgan fingerprint density at radius 2 is 1.80 bits per heavy atom. The number of hydrogen-bond acceptors (Lipinski definition) is 3. The SMILES string of the molecule is CCC(NC(=O)C(C)c1ccc(Cl)cc1)c1cccc(S(N)(=O)=O)c1. The van der Waals surface area contributed by atoms with E-state index >= 15 is 0 Å². The van der Waals surface area contributed by atoms with Crippen molar-refractivity contribution in [2.45, 2.75) is 37.1 Å². The van der Waals surface area contributed by atoms with Crippen LogP contribution in [0.25, 0.3) is 0 Å². The number of halogens is 1. The summed E-state index contributed by atoms with van der Waals surface area (Å²) >= 11 is 5.87. The third-order valence-electron chi connectivity index (χ3n) is 4.08. The molecule has 7 heteroatoms. The monoisotopic (exact) mass is 380 g/mol. The van der Waals surface area contributed by atoms with Gasteiger partial charge in [0.15, 0.2) is 0 Å². The molecule has 134 valence electrons. The molecule has 0 aliphatic heterocycles. The van der Waals surface area contributed by atoms with Crippen LogP contribution in [-0.2, 0) is 14.8 Å². The molecule has 2 rings (SSSR count). The highest BCUT2D eigenvalue weighted by Crippen LogP contribution is 2.23. The maximum absolute atomic E-state index is 12.6. The number of nitrogens with one attached hydrogen (secondary N) is 1. The minimum Gasteiger partial charge on any atom is -0.349 e. The van der Waals surface area contributed by atoms with Gasteiger partial charge < -0.3 is 5.32 Å². The summed E-state index contributed by atoms with van der Waals surface area (Å²) in [7, 11) is -3.78. The van der Waals surface area contributed by atoms with Crippen molar-refractivity contribution in [1.82, 2.24) is 5.32 Å². The molecule has 3 N–H and O–H groups in total. The smallest absolute Gasteiger partial charge is 0.238 e. The van der Waals surface area contributed by atoms with E-state index in [9.17, 15) is 13.2 Å². The Labute approximate surface area is 153 Å². The number of nitrogens with two attached hydrogens (primary N) is 1. The molecule has 2 unspecified atom stereocenters. The van der Waals surface area contributed by atoms with Crippen LogP contribution in [0.4, 0.5) is 0 Å². The highest BCUT2D eigenvalue weighted by Gasteiger charge is 2.20. The molecule has 0 saturated carbocycles. The van der Waals surface area contributed by atoms with Crippen molar-refractivity contribution in [2.75, 3.05) is 0 Å². The van der Waals surface area contributed by atoms with Crippen molar-refractivity contribution < 1.29 is 13.2 Å². The van der Waals surface area contributed by atoms with Gasteiger partial charge in [-0.1, -0.05) is 42.8 Å². The van der Waals surface area contributed by atoms with Crippen molar-refractivity contribution in [3.8, 4) is 0 Å². The molecule has 0 bridgehead atoms. The van der Waals surface area contributed by atoms with E-state index < -0.39 is 10.0 Å². The second-order valence-corrected chi connectivity index (χ2v) is 7.86. The molecule has 2 aromatic carbocycles. The molecule has 0 fully saturated rings. The van der Waals surface area contributed by atoms with Gasteiger partial charge in [-0.05, 0) is 48.7 Å². The summed E-state index contributed by atoms with van der Waals surface area (Å²) in [6, 6.07) is 13.1. The Morgan fingerprint density at radius 3 is 2.36 bits per heavy atom. The zero-order valence-electron chi connectivity index (χ0n) is 14.1. The standard InChI is InChI=1S/C18H21ClN2O3S/c1-3-17(14-5-4-6-16(11-14)25(20,23)24)21-18(22)12(2)13-7-9-15(19)10-8-13/h4-12,17H,3H2,1-2H3,(H,21,22)(H2,20,23,24). The lowest BCUT2D eigenvalue weighted by atomic mass is 9.98. The minimum atomic E-state index is -3.78. The first-order valence-electron chi connectivity index (χ1n) is 7.91. The van der Waals surface area contributed by atoms with Crippen LogP contribution in [0.3, 0.4) is 0 Å². The largest absolute Gasteiger partial charge is 0.349 e. The van der Waals surface area contributed by atoms with Gasteiger partial charge in [0.2, 0.25) is 15.9 Å². The molecule has 0 aromatic heterocycles.